The van der Waals surface area contributed by atoms with Gasteiger partial charge in [-0.15, -0.1) is 18.3 Å². The predicted octanol–water partition coefficient (Wildman–Crippen LogP) is 6.03. The van der Waals surface area contributed by atoms with E-state index in [9.17, 15) is 0 Å². The third-order valence-electron chi connectivity index (χ3n) is 4.82. The zero-order chi connectivity index (χ0) is 14.5. The highest BCUT2D eigenvalue weighted by molar-refractivity contribution is 8.01. The average Bonchev–Trinajstić information content (AvgIpc) is 2.57. The van der Waals surface area contributed by atoms with Crippen LogP contribution in [0.1, 0.15) is 32.1 Å². The Labute approximate surface area is 133 Å². The van der Waals surface area contributed by atoms with Gasteiger partial charge in [-0.2, -0.15) is 0 Å². The van der Waals surface area contributed by atoms with Gasteiger partial charge >= 0.3 is 0 Å². The van der Waals surface area contributed by atoms with Crippen molar-refractivity contribution in [3.8, 4) is 0 Å². The maximum absolute atomic E-state index is 4.19. The quantitative estimate of drug-likeness (QED) is 0.612. The molecule has 1 aromatic rings. The van der Waals surface area contributed by atoms with E-state index in [1.54, 1.807) is 0 Å². The van der Waals surface area contributed by atoms with E-state index in [0.717, 1.165) is 5.92 Å². The number of thioether (sulfide) groups is 1. The van der Waals surface area contributed by atoms with Gasteiger partial charge in [0.25, 0.3) is 0 Å². The SMILES string of the molecule is C=CC1(Sc2ccccc2)C=CC=CC1C1CCCCC1. The summed E-state index contributed by atoms with van der Waals surface area (Å²) in [5.41, 5.74) is 0. The molecule has 0 amide bonds. The molecular weight excluding hydrogens is 272 g/mol. The second-order valence-corrected chi connectivity index (χ2v) is 7.52. The lowest BCUT2D eigenvalue weighted by atomic mass is 9.72. The molecule has 0 N–H and O–H groups in total. The Kier molecular flexibility index (Phi) is 4.70. The van der Waals surface area contributed by atoms with Gasteiger partial charge in [0.15, 0.2) is 0 Å². The minimum atomic E-state index is 0.0120. The van der Waals surface area contributed by atoms with Crippen LogP contribution in [-0.2, 0) is 0 Å². The Balaban J connectivity index is 1.87. The standard InChI is InChI=1S/C20H24S/c1-2-20(21-18-13-7-4-8-14-18)16-10-9-15-19(20)17-11-5-3-6-12-17/h2,4,7-10,13-17,19H,1,3,5-6,11-12H2. The van der Waals surface area contributed by atoms with Crippen LogP contribution in [0.4, 0.5) is 0 Å². The molecule has 0 aromatic heterocycles. The van der Waals surface area contributed by atoms with Gasteiger partial charge in [0, 0.05) is 10.8 Å². The van der Waals surface area contributed by atoms with Crippen LogP contribution in [0.25, 0.3) is 0 Å². The molecule has 0 bridgehead atoms. The molecule has 2 unspecified atom stereocenters. The van der Waals surface area contributed by atoms with Crippen LogP contribution in [0.2, 0.25) is 0 Å². The van der Waals surface area contributed by atoms with Gasteiger partial charge in [-0.25, -0.2) is 0 Å². The first kappa shape index (κ1) is 14.7. The number of allylic oxidation sites excluding steroid dienone is 3. The van der Waals surface area contributed by atoms with Gasteiger partial charge in [-0.3, -0.25) is 0 Å². The summed E-state index contributed by atoms with van der Waals surface area (Å²) >= 11 is 1.96. The monoisotopic (exact) mass is 296 g/mol. The summed E-state index contributed by atoms with van der Waals surface area (Å²) in [6.07, 6.45) is 18.3. The molecular formula is C20H24S. The number of hydrogen-bond acceptors (Lipinski definition) is 1. The van der Waals surface area contributed by atoms with Crippen LogP contribution in [0.3, 0.4) is 0 Å². The highest BCUT2D eigenvalue weighted by Crippen LogP contribution is 2.49. The summed E-state index contributed by atoms with van der Waals surface area (Å²) in [6.45, 7) is 4.19. The number of rotatable bonds is 4. The van der Waals surface area contributed by atoms with E-state index in [1.165, 1.54) is 37.0 Å². The molecule has 2 atom stereocenters. The van der Waals surface area contributed by atoms with Crippen molar-refractivity contribution in [1.29, 1.82) is 0 Å². The first-order chi connectivity index (χ1) is 10.3. The minimum absolute atomic E-state index is 0.0120. The highest BCUT2D eigenvalue weighted by Gasteiger charge is 2.39. The smallest absolute Gasteiger partial charge is 0.0631 e. The summed E-state index contributed by atoms with van der Waals surface area (Å²) in [5.74, 6) is 1.37. The molecule has 1 heteroatoms. The van der Waals surface area contributed by atoms with Gasteiger partial charge in [0.2, 0.25) is 0 Å². The predicted molar refractivity (Wildman–Crippen MR) is 93.6 cm³/mol. The zero-order valence-electron chi connectivity index (χ0n) is 12.6. The van der Waals surface area contributed by atoms with Crippen molar-refractivity contribution in [1.82, 2.24) is 0 Å². The van der Waals surface area contributed by atoms with E-state index in [2.05, 4.69) is 67.3 Å². The van der Waals surface area contributed by atoms with E-state index in [-0.39, 0.29) is 4.75 Å². The van der Waals surface area contributed by atoms with Crippen LogP contribution in [0.5, 0.6) is 0 Å². The fraction of sp³-hybridized carbons (Fsp3) is 0.400. The third kappa shape index (κ3) is 3.18. The molecule has 0 aliphatic heterocycles. The second-order valence-electron chi connectivity index (χ2n) is 6.14. The second kappa shape index (κ2) is 6.70. The van der Waals surface area contributed by atoms with Crippen molar-refractivity contribution < 1.29 is 0 Å². The van der Waals surface area contributed by atoms with Crippen molar-refractivity contribution >= 4 is 11.8 Å². The Morgan fingerprint density at radius 2 is 1.81 bits per heavy atom. The summed E-state index contributed by atoms with van der Waals surface area (Å²) in [4.78, 5) is 1.33. The minimum Gasteiger partial charge on any atom is -0.110 e. The molecule has 0 spiro atoms. The Hall–Kier alpha value is -1.21. The molecule has 1 fully saturated rings. The summed E-state index contributed by atoms with van der Waals surface area (Å²) < 4.78 is 0.0120. The molecule has 21 heavy (non-hydrogen) atoms. The third-order valence-corrected chi connectivity index (χ3v) is 6.26. The van der Waals surface area contributed by atoms with Gasteiger partial charge in [0.05, 0.1) is 4.75 Å². The van der Waals surface area contributed by atoms with E-state index >= 15 is 0 Å². The van der Waals surface area contributed by atoms with Crippen molar-refractivity contribution in [2.45, 2.75) is 41.7 Å². The molecule has 0 saturated heterocycles. The van der Waals surface area contributed by atoms with Crippen molar-refractivity contribution in [3.63, 3.8) is 0 Å². The van der Waals surface area contributed by atoms with Crippen LogP contribution < -0.4 is 0 Å². The number of hydrogen-bond donors (Lipinski definition) is 0. The lowest BCUT2D eigenvalue weighted by Gasteiger charge is -2.41. The molecule has 1 saturated carbocycles. The van der Waals surface area contributed by atoms with Gasteiger partial charge in [0.1, 0.15) is 0 Å². The van der Waals surface area contributed by atoms with Crippen LogP contribution in [0, 0.1) is 11.8 Å². The van der Waals surface area contributed by atoms with Gasteiger partial charge < -0.3 is 0 Å². The summed E-state index contributed by atoms with van der Waals surface area (Å²) in [6, 6.07) is 10.7. The lowest BCUT2D eigenvalue weighted by molar-refractivity contribution is 0.272. The normalized spacial score (nSPS) is 29.4. The van der Waals surface area contributed by atoms with E-state index in [1.807, 2.05) is 11.8 Å². The topological polar surface area (TPSA) is 0 Å². The first-order valence-electron chi connectivity index (χ1n) is 8.08. The Bertz CT molecular complexity index is 522. The maximum atomic E-state index is 4.19. The van der Waals surface area contributed by atoms with Crippen LogP contribution in [0.15, 0.2) is 72.2 Å². The molecule has 110 valence electrons. The highest BCUT2D eigenvalue weighted by atomic mass is 32.2. The van der Waals surface area contributed by atoms with E-state index in [0.29, 0.717) is 5.92 Å². The Morgan fingerprint density at radius 3 is 2.52 bits per heavy atom. The van der Waals surface area contributed by atoms with Crippen molar-refractivity contribution in [2.75, 3.05) is 0 Å². The Morgan fingerprint density at radius 1 is 1.05 bits per heavy atom. The van der Waals surface area contributed by atoms with Crippen molar-refractivity contribution in [2.24, 2.45) is 11.8 Å². The summed E-state index contributed by atoms with van der Waals surface area (Å²) in [5, 5.41) is 0. The van der Waals surface area contributed by atoms with Crippen LogP contribution >= 0.6 is 11.8 Å². The fourth-order valence-electron chi connectivity index (χ4n) is 3.71. The molecule has 2 aliphatic carbocycles. The fourth-order valence-corrected chi connectivity index (χ4v) is 5.05. The molecule has 0 heterocycles. The van der Waals surface area contributed by atoms with E-state index in [4.69, 9.17) is 0 Å². The lowest BCUT2D eigenvalue weighted by Crippen LogP contribution is -2.36. The largest absolute Gasteiger partial charge is 0.110 e. The molecule has 0 nitrogen and oxygen atoms in total. The number of benzene rings is 1. The van der Waals surface area contributed by atoms with Crippen molar-refractivity contribution in [3.05, 3.63) is 67.3 Å². The zero-order valence-corrected chi connectivity index (χ0v) is 13.4. The average molecular weight is 296 g/mol. The van der Waals surface area contributed by atoms with Crippen LogP contribution in [-0.4, -0.2) is 4.75 Å². The van der Waals surface area contributed by atoms with E-state index < -0.39 is 0 Å². The molecule has 1 aromatic carbocycles. The van der Waals surface area contributed by atoms with Gasteiger partial charge in [-0.05, 0) is 30.9 Å². The first-order valence-corrected chi connectivity index (χ1v) is 8.89. The van der Waals surface area contributed by atoms with Gasteiger partial charge in [-0.1, -0.05) is 67.8 Å². The molecule has 3 rings (SSSR count). The molecule has 2 aliphatic rings. The molecule has 0 radical (unpaired) electrons. The maximum Gasteiger partial charge on any atom is 0.0631 e. The summed E-state index contributed by atoms with van der Waals surface area (Å²) in [7, 11) is 0.